The molecule has 12 heteroatoms. The lowest BCUT2D eigenvalue weighted by atomic mass is 10.1. The third-order valence-electron chi connectivity index (χ3n) is 5.81. The van der Waals surface area contributed by atoms with Crippen LogP contribution < -0.4 is 10.9 Å². The molecule has 2 atom stereocenters. The van der Waals surface area contributed by atoms with Gasteiger partial charge in [0.1, 0.15) is 18.8 Å². The summed E-state index contributed by atoms with van der Waals surface area (Å²) in [6.07, 6.45) is -5.55. The van der Waals surface area contributed by atoms with E-state index in [-0.39, 0.29) is 5.56 Å². The Kier molecular flexibility index (Phi) is 6.22. The van der Waals surface area contributed by atoms with Crippen LogP contribution in [0, 0.1) is 0 Å². The lowest BCUT2D eigenvalue weighted by Crippen LogP contribution is -2.46. The summed E-state index contributed by atoms with van der Waals surface area (Å²) in [4.78, 5) is 38.4. The van der Waals surface area contributed by atoms with E-state index in [1.54, 1.807) is 24.3 Å². The monoisotopic (exact) mass is 494 g/mol. The summed E-state index contributed by atoms with van der Waals surface area (Å²) in [6.45, 7) is -0.895. The molecular formula is C23H19F5N4O3. The molecule has 0 saturated carbocycles. The van der Waals surface area contributed by atoms with E-state index in [1.165, 1.54) is 10.8 Å². The minimum absolute atomic E-state index is 0.158. The molecule has 0 unspecified atom stereocenters. The zero-order valence-electron chi connectivity index (χ0n) is 18.0. The molecule has 0 radical (unpaired) electrons. The first-order valence-electron chi connectivity index (χ1n) is 10.5. The van der Waals surface area contributed by atoms with Crippen molar-refractivity contribution >= 4 is 34.3 Å². The van der Waals surface area contributed by atoms with Gasteiger partial charge in [-0.15, -0.1) is 5.12 Å². The van der Waals surface area contributed by atoms with Crippen LogP contribution in [0.15, 0.2) is 54.7 Å². The maximum Gasteiger partial charge on any atom is 0.416 e. The SMILES string of the molecule is NC(=O)c1cn(CC(=O)N2C[C@H](F)C[C@H]2C(=O)N(F)c2cccc(C(F)(F)F)c2)c2ccccc12. The summed E-state index contributed by atoms with van der Waals surface area (Å²) in [6, 6.07) is 8.10. The lowest BCUT2D eigenvalue weighted by Gasteiger charge is -2.26. The molecule has 1 fully saturated rings. The number of anilines is 1. The first-order valence-corrected chi connectivity index (χ1v) is 10.5. The third kappa shape index (κ3) is 4.68. The van der Waals surface area contributed by atoms with Crippen LogP contribution in [0.2, 0.25) is 0 Å². The van der Waals surface area contributed by atoms with E-state index in [9.17, 15) is 36.4 Å². The number of nitrogens with two attached hydrogens (primary N) is 1. The topological polar surface area (TPSA) is 88.6 Å². The van der Waals surface area contributed by atoms with Gasteiger partial charge in [-0.25, -0.2) is 4.39 Å². The highest BCUT2D eigenvalue weighted by molar-refractivity contribution is 6.06. The van der Waals surface area contributed by atoms with Gasteiger partial charge < -0.3 is 15.2 Å². The van der Waals surface area contributed by atoms with Crippen molar-refractivity contribution in [1.29, 1.82) is 0 Å². The van der Waals surface area contributed by atoms with Gasteiger partial charge in [-0.2, -0.15) is 13.2 Å². The number of carbonyl (C=O) groups is 3. The maximum atomic E-state index is 14.8. The largest absolute Gasteiger partial charge is 0.416 e. The highest BCUT2D eigenvalue weighted by atomic mass is 19.4. The van der Waals surface area contributed by atoms with Gasteiger partial charge in [-0.1, -0.05) is 28.7 Å². The van der Waals surface area contributed by atoms with E-state index in [2.05, 4.69) is 0 Å². The average Bonchev–Trinajstić information content (AvgIpc) is 3.39. The van der Waals surface area contributed by atoms with Crippen LogP contribution in [0.5, 0.6) is 0 Å². The zero-order chi connectivity index (χ0) is 25.5. The number of hydrogen-bond donors (Lipinski definition) is 1. The summed E-state index contributed by atoms with van der Waals surface area (Å²) in [5.74, 6) is -2.83. The lowest BCUT2D eigenvalue weighted by molar-refractivity contribution is -0.139. The number of aromatic nitrogens is 1. The molecule has 1 aromatic heterocycles. The number of halogens is 5. The second-order valence-electron chi connectivity index (χ2n) is 8.11. The Bertz CT molecular complexity index is 1310. The van der Waals surface area contributed by atoms with E-state index in [1.807, 2.05) is 0 Å². The Hall–Kier alpha value is -3.96. The Morgan fingerprint density at radius 3 is 2.49 bits per heavy atom. The minimum Gasteiger partial charge on any atom is -0.366 e. The van der Waals surface area contributed by atoms with E-state index in [0.717, 1.165) is 17.0 Å². The molecular weight excluding hydrogens is 475 g/mol. The molecule has 1 saturated heterocycles. The fourth-order valence-corrected chi connectivity index (χ4v) is 4.17. The quantitative estimate of drug-likeness (QED) is 0.434. The molecule has 3 amide bonds. The molecule has 35 heavy (non-hydrogen) atoms. The molecule has 7 nitrogen and oxygen atoms in total. The van der Waals surface area contributed by atoms with Crippen LogP contribution in [-0.4, -0.2) is 45.9 Å². The van der Waals surface area contributed by atoms with Crippen molar-refractivity contribution in [2.24, 2.45) is 5.73 Å². The number of likely N-dealkylation sites (tertiary alicyclic amines) is 1. The molecule has 4 rings (SSSR count). The molecule has 184 valence electrons. The van der Waals surface area contributed by atoms with Gasteiger partial charge in [0.25, 0.3) is 11.8 Å². The first kappa shape index (κ1) is 24.2. The predicted molar refractivity (Wildman–Crippen MR) is 116 cm³/mol. The van der Waals surface area contributed by atoms with E-state index in [0.29, 0.717) is 23.0 Å². The van der Waals surface area contributed by atoms with Gasteiger partial charge in [0, 0.05) is 23.5 Å². The summed E-state index contributed by atoms with van der Waals surface area (Å²) in [5.41, 5.74) is 4.18. The number of para-hydroxylation sites is 1. The van der Waals surface area contributed by atoms with Gasteiger partial charge >= 0.3 is 6.18 Å². The maximum absolute atomic E-state index is 14.8. The zero-order valence-corrected chi connectivity index (χ0v) is 18.0. The summed E-state index contributed by atoms with van der Waals surface area (Å²) in [7, 11) is 0. The van der Waals surface area contributed by atoms with Crippen LogP contribution in [-0.2, 0) is 22.3 Å². The molecule has 0 spiro atoms. The predicted octanol–water partition coefficient (Wildman–Crippen LogP) is 3.62. The fraction of sp³-hybridized carbons (Fsp3) is 0.261. The number of carbonyl (C=O) groups excluding carboxylic acids is 3. The van der Waals surface area contributed by atoms with Gasteiger partial charge in [0.05, 0.1) is 23.4 Å². The second kappa shape index (κ2) is 9.01. The molecule has 2 heterocycles. The number of amides is 3. The average molecular weight is 494 g/mol. The molecule has 0 aliphatic carbocycles. The van der Waals surface area contributed by atoms with Crippen LogP contribution >= 0.6 is 0 Å². The summed E-state index contributed by atoms with van der Waals surface area (Å²) < 4.78 is 69.4. The highest BCUT2D eigenvalue weighted by Crippen LogP contribution is 2.33. The normalized spacial score (nSPS) is 18.1. The molecule has 3 aromatic rings. The smallest absolute Gasteiger partial charge is 0.366 e. The van der Waals surface area contributed by atoms with Crippen molar-refractivity contribution in [2.75, 3.05) is 11.7 Å². The van der Waals surface area contributed by atoms with Crippen molar-refractivity contribution in [3.05, 3.63) is 65.9 Å². The number of alkyl halides is 4. The molecule has 2 aromatic carbocycles. The molecule has 0 bridgehead atoms. The Morgan fingerprint density at radius 2 is 1.80 bits per heavy atom. The fourth-order valence-electron chi connectivity index (χ4n) is 4.17. The van der Waals surface area contributed by atoms with Crippen LogP contribution in [0.1, 0.15) is 22.3 Å². The Morgan fingerprint density at radius 1 is 1.09 bits per heavy atom. The third-order valence-corrected chi connectivity index (χ3v) is 5.81. The van der Waals surface area contributed by atoms with E-state index in [4.69, 9.17) is 5.73 Å². The van der Waals surface area contributed by atoms with Crippen LogP contribution in [0.3, 0.4) is 0 Å². The van der Waals surface area contributed by atoms with E-state index >= 15 is 0 Å². The van der Waals surface area contributed by atoms with Crippen molar-refractivity contribution in [1.82, 2.24) is 9.47 Å². The molecule has 1 aliphatic heterocycles. The first-order chi connectivity index (χ1) is 16.5. The standard InChI is InChI=1S/C23H19F5N4O3/c24-14-9-19(22(35)32(28)15-5-3-4-13(8-15)23(25,26)27)31(10-14)20(33)12-30-11-17(21(29)34)16-6-1-2-7-18(16)30/h1-8,11,14,19H,9-10,12H2,(H2,29,34)/t14-,19+/m1/s1. The van der Waals surface area contributed by atoms with Crippen molar-refractivity contribution in [3.63, 3.8) is 0 Å². The second-order valence-corrected chi connectivity index (χ2v) is 8.11. The number of primary amides is 1. The Balaban J connectivity index is 1.58. The number of rotatable bonds is 5. The molecule has 2 N–H and O–H groups in total. The summed E-state index contributed by atoms with van der Waals surface area (Å²) in [5, 5.41) is -0.0150. The Labute approximate surface area is 195 Å². The number of hydrogen-bond acceptors (Lipinski definition) is 3. The number of benzene rings is 2. The van der Waals surface area contributed by atoms with E-state index < -0.39 is 72.0 Å². The van der Waals surface area contributed by atoms with Gasteiger partial charge in [-0.3, -0.25) is 14.4 Å². The number of nitrogens with zero attached hydrogens (tertiary/aromatic N) is 3. The van der Waals surface area contributed by atoms with Gasteiger partial charge in [-0.05, 0) is 24.3 Å². The van der Waals surface area contributed by atoms with Crippen LogP contribution in [0.25, 0.3) is 10.9 Å². The van der Waals surface area contributed by atoms with Crippen molar-refractivity contribution in [3.8, 4) is 0 Å². The van der Waals surface area contributed by atoms with Gasteiger partial charge in [0.15, 0.2) is 0 Å². The minimum atomic E-state index is -4.76. The van der Waals surface area contributed by atoms with Crippen molar-refractivity contribution < 1.29 is 36.4 Å². The van der Waals surface area contributed by atoms with Crippen LogP contribution in [0.4, 0.5) is 27.7 Å². The highest BCUT2D eigenvalue weighted by Gasteiger charge is 2.42. The number of fused-ring (bicyclic) bond motifs is 1. The summed E-state index contributed by atoms with van der Waals surface area (Å²) >= 11 is 0. The van der Waals surface area contributed by atoms with Crippen molar-refractivity contribution in [2.45, 2.75) is 31.4 Å². The molecule has 1 aliphatic rings. The van der Waals surface area contributed by atoms with Gasteiger partial charge in [0.2, 0.25) is 5.91 Å².